The third kappa shape index (κ3) is 4.18. The number of aromatic amines is 1. The van der Waals surface area contributed by atoms with Crippen LogP contribution in [0.3, 0.4) is 0 Å². The molecule has 6 heteroatoms. The zero-order valence-electron chi connectivity index (χ0n) is 13.4. The number of benzene rings is 1. The van der Waals surface area contributed by atoms with Crippen molar-refractivity contribution in [1.29, 1.82) is 0 Å². The highest BCUT2D eigenvalue weighted by Gasteiger charge is 2.15. The van der Waals surface area contributed by atoms with E-state index >= 15 is 0 Å². The number of fused-ring (bicyclic) bond motifs is 1. The molecule has 1 aromatic carbocycles. The maximum Gasteiger partial charge on any atom is 0.191 e. The summed E-state index contributed by atoms with van der Waals surface area (Å²) in [6, 6.07) is 5.92. The fourth-order valence-corrected chi connectivity index (χ4v) is 3.08. The molecule has 1 aromatic heterocycles. The van der Waals surface area contributed by atoms with Crippen LogP contribution in [0.1, 0.15) is 18.4 Å². The molecular weight excluding hydrogens is 312 g/mol. The second-order valence-corrected chi connectivity index (χ2v) is 6.21. The molecule has 1 unspecified atom stereocenters. The molecule has 1 aliphatic rings. The average Bonchev–Trinajstić information content (AvgIpc) is 3.20. The van der Waals surface area contributed by atoms with E-state index in [1.807, 2.05) is 24.4 Å². The SMILES string of the molecule is CN=C(NCCc1c[nH]c2ccc(Cl)cc12)NCC1CCCO1. The fourth-order valence-electron chi connectivity index (χ4n) is 2.91. The van der Waals surface area contributed by atoms with Crippen molar-refractivity contribution in [1.82, 2.24) is 15.6 Å². The van der Waals surface area contributed by atoms with Crippen molar-refractivity contribution >= 4 is 28.5 Å². The summed E-state index contributed by atoms with van der Waals surface area (Å²) < 4.78 is 5.61. The minimum atomic E-state index is 0.310. The first kappa shape index (κ1) is 16.1. The molecule has 3 N–H and O–H groups in total. The molecule has 1 aliphatic heterocycles. The molecular formula is C17H23ClN4O. The summed E-state index contributed by atoms with van der Waals surface area (Å²) in [4.78, 5) is 7.54. The van der Waals surface area contributed by atoms with Gasteiger partial charge in [0.15, 0.2) is 5.96 Å². The molecule has 1 fully saturated rings. The van der Waals surface area contributed by atoms with Gasteiger partial charge < -0.3 is 20.4 Å². The van der Waals surface area contributed by atoms with Gasteiger partial charge in [-0.1, -0.05) is 11.6 Å². The molecule has 1 atom stereocenters. The van der Waals surface area contributed by atoms with E-state index in [4.69, 9.17) is 16.3 Å². The van der Waals surface area contributed by atoms with Crippen LogP contribution in [0.15, 0.2) is 29.4 Å². The summed E-state index contributed by atoms with van der Waals surface area (Å²) >= 11 is 6.09. The van der Waals surface area contributed by atoms with Crippen molar-refractivity contribution in [3.05, 3.63) is 35.0 Å². The van der Waals surface area contributed by atoms with Crippen molar-refractivity contribution in [3.8, 4) is 0 Å². The van der Waals surface area contributed by atoms with Crippen LogP contribution in [-0.2, 0) is 11.2 Å². The van der Waals surface area contributed by atoms with Crippen LogP contribution in [-0.4, -0.2) is 43.8 Å². The van der Waals surface area contributed by atoms with Crippen LogP contribution in [0, 0.1) is 0 Å². The summed E-state index contributed by atoms with van der Waals surface area (Å²) in [6.45, 7) is 2.49. The van der Waals surface area contributed by atoms with Crippen LogP contribution in [0.2, 0.25) is 5.02 Å². The number of aromatic nitrogens is 1. The smallest absolute Gasteiger partial charge is 0.191 e. The third-order valence-electron chi connectivity index (χ3n) is 4.16. The molecule has 0 bridgehead atoms. The molecule has 3 rings (SSSR count). The van der Waals surface area contributed by atoms with Crippen molar-refractivity contribution in [2.45, 2.75) is 25.4 Å². The lowest BCUT2D eigenvalue weighted by atomic mass is 10.1. The quantitative estimate of drug-likeness (QED) is 0.582. The number of halogens is 1. The average molecular weight is 335 g/mol. The topological polar surface area (TPSA) is 61.4 Å². The van der Waals surface area contributed by atoms with Crippen molar-refractivity contribution in [3.63, 3.8) is 0 Å². The lowest BCUT2D eigenvalue weighted by molar-refractivity contribution is 0.114. The number of nitrogens with one attached hydrogen (secondary N) is 3. The van der Waals surface area contributed by atoms with Crippen molar-refractivity contribution in [2.24, 2.45) is 4.99 Å². The van der Waals surface area contributed by atoms with E-state index in [2.05, 4.69) is 20.6 Å². The van der Waals surface area contributed by atoms with Gasteiger partial charge in [0.2, 0.25) is 0 Å². The number of guanidine groups is 1. The first-order valence-electron chi connectivity index (χ1n) is 8.08. The molecule has 0 amide bonds. The highest BCUT2D eigenvalue weighted by Crippen LogP contribution is 2.22. The zero-order chi connectivity index (χ0) is 16.1. The van der Waals surface area contributed by atoms with Gasteiger partial charge in [-0.25, -0.2) is 0 Å². The Labute approximate surface area is 141 Å². The van der Waals surface area contributed by atoms with E-state index in [0.717, 1.165) is 55.5 Å². The van der Waals surface area contributed by atoms with Gasteiger partial charge in [-0.2, -0.15) is 0 Å². The monoisotopic (exact) mass is 334 g/mol. The maximum absolute atomic E-state index is 6.09. The highest BCUT2D eigenvalue weighted by molar-refractivity contribution is 6.31. The number of nitrogens with zero attached hydrogens (tertiary/aromatic N) is 1. The first-order valence-corrected chi connectivity index (χ1v) is 8.45. The number of aliphatic imine (C=N–C) groups is 1. The van der Waals surface area contributed by atoms with Crippen molar-refractivity contribution in [2.75, 3.05) is 26.7 Å². The van der Waals surface area contributed by atoms with Gasteiger partial charge in [-0.05, 0) is 43.0 Å². The summed E-state index contributed by atoms with van der Waals surface area (Å²) in [6.07, 6.45) is 5.54. The van der Waals surface area contributed by atoms with Crippen LogP contribution in [0.4, 0.5) is 0 Å². The molecule has 0 spiro atoms. The van der Waals surface area contributed by atoms with Gasteiger partial charge in [-0.3, -0.25) is 4.99 Å². The van der Waals surface area contributed by atoms with Crippen LogP contribution in [0.25, 0.3) is 10.9 Å². The minimum Gasteiger partial charge on any atom is -0.376 e. The number of ether oxygens (including phenoxy) is 1. The Morgan fingerprint density at radius 1 is 1.43 bits per heavy atom. The second-order valence-electron chi connectivity index (χ2n) is 5.77. The Morgan fingerprint density at radius 2 is 2.35 bits per heavy atom. The molecule has 0 radical (unpaired) electrons. The highest BCUT2D eigenvalue weighted by atomic mass is 35.5. The van der Waals surface area contributed by atoms with Crippen LogP contribution in [0.5, 0.6) is 0 Å². The Balaban J connectivity index is 1.49. The summed E-state index contributed by atoms with van der Waals surface area (Å²) in [5.74, 6) is 0.818. The van der Waals surface area contributed by atoms with E-state index in [-0.39, 0.29) is 0 Å². The van der Waals surface area contributed by atoms with Gasteiger partial charge in [-0.15, -0.1) is 0 Å². The van der Waals surface area contributed by atoms with Gasteiger partial charge in [0.05, 0.1) is 6.10 Å². The minimum absolute atomic E-state index is 0.310. The summed E-state index contributed by atoms with van der Waals surface area (Å²) in [7, 11) is 1.79. The fraction of sp³-hybridized carbons (Fsp3) is 0.471. The zero-order valence-corrected chi connectivity index (χ0v) is 14.1. The molecule has 1 saturated heterocycles. The summed E-state index contributed by atoms with van der Waals surface area (Å²) in [5.41, 5.74) is 2.37. The van der Waals surface area contributed by atoms with Gasteiger partial charge in [0, 0.05) is 48.9 Å². The Kier molecular flexibility index (Phi) is 5.41. The Hall–Kier alpha value is -1.72. The van der Waals surface area contributed by atoms with Gasteiger partial charge in [0.25, 0.3) is 0 Å². The molecule has 5 nitrogen and oxygen atoms in total. The molecule has 0 aliphatic carbocycles. The lowest BCUT2D eigenvalue weighted by Crippen LogP contribution is -2.41. The number of hydrogen-bond acceptors (Lipinski definition) is 2. The molecule has 0 saturated carbocycles. The third-order valence-corrected chi connectivity index (χ3v) is 4.40. The summed E-state index contributed by atoms with van der Waals surface area (Å²) in [5, 5.41) is 8.62. The van der Waals surface area contributed by atoms with Crippen LogP contribution >= 0.6 is 11.6 Å². The van der Waals surface area contributed by atoms with Gasteiger partial charge >= 0.3 is 0 Å². The maximum atomic E-state index is 6.09. The second kappa shape index (κ2) is 7.70. The van der Waals surface area contributed by atoms with E-state index in [9.17, 15) is 0 Å². The molecule has 2 aromatic rings. The number of rotatable bonds is 5. The van der Waals surface area contributed by atoms with E-state index < -0.39 is 0 Å². The molecule has 124 valence electrons. The predicted octanol–water partition coefficient (Wildman–Crippen LogP) is 2.71. The Bertz CT molecular complexity index is 676. The van der Waals surface area contributed by atoms with Crippen LogP contribution < -0.4 is 10.6 Å². The van der Waals surface area contributed by atoms with E-state index in [1.165, 1.54) is 10.9 Å². The van der Waals surface area contributed by atoms with Crippen molar-refractivity contribution < 1.29 is 4.74 Å². The standard InChI is InChI=1S/C17H23ClN4O/c1-19-17(22-11-14-3-2-8-23-14)20-7-6-12-10-21-16-5-4-13(18)9-15(12)16/h4-5,9-10,14,21H,2-3,6-8,11H2,1H3,(H2,19,20,22). The number of H-pyrrole nitrogens is 1. The predicted molar refractivity (Wildman–Crippen MR) is 95.4 cm³/mol. The van der Waals surface area contributed by atoms with E-state index in [0.29, 0.717) is 6.10 Å². The molecule has 23 heavy (non-hydrogen) atoms. The Morgan fingerprint density at radius 3 is 3.13 bits per heavy atom. The largest absolute Gasteiger partial charge is 0.376 e. The first-order chi connectivity index (χ1) is 11.3. The normalized spacial score (nSPS) is 18.5. The lowest BCUT2D eigenvalue weighted by Gasteiger charge is -2.14. The number of hydrogen-bond donors (Lipinski definition) is 3. The van der Waals surface area contributed by atoms with Gasteiger partial charge in [0.1, 0.15) is 0 Å². The molecule has 2 heterocycles. The van der Waals surface area contributed by atoms with E-state index in [1.54, 1.807) is 7.05 Å².